The van der Waals surface area contributed by atoms with Crippen LogP contribution in [-0.4, -0.2) is 85.7 Å². The van der Waals surface area contributed by atoms with Gasteiger partial charge in [0.05, 0.1) is 13.2 Å². The number of hydrogen-bond donors (Lipinski definition) is 3. The molecule has 0 radical (unpaired) electrons. The van der Waals surface area contributed by atoms with Crippen LogP contribution in [0.4, 0.5) is 0 Å². The van der Waals surface area contributed by atoms with Gasteiger partial charge >= 0.3 is 0 Å². The van der Waals surface area contributed by atoms with Gasteiger partial charge in [-0.25, -0.2) is 0 Å². The third kappa shape index (κ3) is 7.09. The normalized spacial score (nSPS) is 17.2. The van der Waals surface area contributed by atoms with E-state index in [-0.39, 0.29) is 18.4 Å². The molecule has 0 aromatic heterocycles. The van der Waals surface area contributed by atoms with Gasteiger partial charge in [-0.05, 0) is 0 Å². The fraction of sp³-hybridized carbons (Fsp3) is 0.833. The summed E-state index contributed by atoms with van der Waals surface area (Å²) in [7, 11) is 0. The minimum atomic E-state index is -0.0887. The highest BCUT2D eigenvalue weighted by atomic mass is 16.3. The highest BCUT2D eigenvalue weighted by molar-refractivity contribution is 5.78. The molecular weight excluding hydrogens is 248 g/mol. The number of nitrogens with one attached hydrogen (secondary N) is 2. The molecule has 1 heterocycles. The fourth-order valence-electron chi connectivity index (χ4n) is 2.01. The molecule has 0 aliphatic carbocycles. The topological polar surface area (TPSA) is 84.9 Å². The van der Waals surface area contributed by atoms with Crippen LogP contribution in [-0.2, 0) is 9.59 Å². The molecule has 0 saturated carbocycles. The summed E-state index contributed by atoms with van der Waals surface area (Å²) in [5.74, 6) is -0.102. The van der Waals surface area contributed by atoms with Gasteiger partial charge in [0.25, 0.3) is 0 Å². The standard InChI is InChI=1S/C12H24N4O3/c1-11(18)13-2-3-14-12(19)10-16-6-4-15(5-7-16)8-9-17/h17H,2-10H2,1H3,(H,13,18)(H,14,19). The lowest BCUT2D eigenvalue weighted by Crippen LogP contribution is -2.50. The van der Waals surface area contributed by atoms with Crippen molar-refractivity contribution in [3.63, 3.8) is 0 Å². The summed E-state index contributed by atoms with van der Waals surface area (Å²) < 4.78 is 0. The van der Waals surface area contributed by atoms with E-state index < -0.39 is 0 Å². The second kappa shape index (κ2) is 8.84. The number of hydrogen-bond acceptors (Lipinski definition) is 5. The molecule has 0 aromatic carbocycles. The van der Waals surface area contributed by atoms with Gasteiger partial charge in [-0.1, -0.05) is 0 Å². The van der Waals surface area contributed by atoms with Gasteiger partial charge in [0.15, 0.2) is 0 Å². The van der Waals surface area contributed by atoms with Crippen LogP contribution in [0, 0.1) is 0 Å². The molecule has 0 spiro atoms. The number of aliphatic hydroxyl groups is 1. The van der Waals surface area contributed by atoms with Crippen molar-refractivity contribution in [2.45, 2.75) is 6.92 Å². The molecule has 1 saturated heterocycles. The van der Waals surface area contributed by atoms with Crippen LogP contribution in [0.5, 0.6) is 0 Å². The molecule has 0 bridgehead atoms. The molecular formula is C12H24N4O3. The molecule has 110 valence electrons. The zero-order valence-corrected chi connectivity index (χ0v) is 11.5. The van der Waals surface area contributed by atoms with E-state index in [0.717, 1.165) is 26.2 Å². The predicted molar refractivity (Wildman–Crippen MR) is 71.7 cm³/mol. The summed E-state index contributed by atoms with van der Waals surface area (Å²) in [4.78, 5) is 26.6. The fourth-order valence-corrected chi connectivity index (χ4v) is 2.01. The van der Waals surface area contributed by atoms with Gasteiger partial charge in [0.2, 0.25) is 11.8 Å². The van der Waals surface area contributed by atoms with Crippen molar-refractivity contribution in [3.8, 4) is 0 Å². The van der Waals surface area contributed by atoms with Gasteiger partial charge in [-0.2, -0.15) is 0 Å². The van der Waals surface area contributed by atoms with E-state index in [1.165, 1.54) is 6.92 Å². The summed E-state index contributed by atoms with van der Waals surface area (Å²) in [5.41, 5.74) is 0. The van der Waals surface area contributed by atoms with Crippen molar-refractivity contribution in [2.24, 2.45) is 0 Å². The summed E-state index contributed by atoms with van der Waals surface area (Å²) >= 11 is 0. The third-order valence-electron chi connectivity index (χ3n) is 3.07. The first-order chi connectivity index (χ1) is 9.11. The number of carbonyl (C=O) groups is 2. The molecule has 0 aromatic rings. The van der Waals surface area contributed by atoms with Crippen LogP contribution in [0.2, 0.25) is 0 Å². The second-order valence-electron chi connectivity index (χ2n) is 4.67. The Labute approximate surface area is 113 Å². The van der Waals surface area contributed by atoms with E-state index in [1.807, 2.05) is 0 Å². The Morgan fingerprint density at radius 1 is 1.05 bits per heavy atom. The average Bonchev–Trinajstić information content (AvgIpc) is 2.37. The lowest BCUT2D eigenvalue weighted by Gasteiger charge is -2.33. The smallest absolute Gasteiger partial charge is 0.234 e. The Balaban J connectivity index is 2.08. The number of amides is 2. The number of piperazine rings is 1. The van der Waals surface area contributed by atoms with E-state index >= 15 is 0 Å². The largest absolute Gasteiger partial charge is 0.395 e. The Kier molecular flexibility index (Phi) is 7.39. The van der Waals surface area contributed by atoms with Gasteiger partial charge in [-0.15, -0.1) is 0 Å². The van der Waals surface area contributed by atoms with Crippen molar-refractivity contribution in [1.29, 1.82) is 0 Å². The van der Waals surface area contributed by atoms with Crippen LogP contribution in [0.1, 0.15) is 6.92 Å². The van der Waals surface area contributed by atoms with Crippen molar-refractivity contribution < 1.29 is 14.7 Å². The minimum Gasteiger partial charge on any atom is -0.395 e. The molecule has 0 atom stereocenters. The van der Waals surface area contributed by atoms with E-state index in [2.05, 4.69) is 20.4 Å². The first kappa shape index (κ1) is 15.9. The monoisotopic (exact) mass is 272 g/mol. The van der Waals surface area contributed by atoms with Crippen molar-refractivity contribution in [3.05, 3.63) is 0 Å². The molecule has 19 heavy (non-hydrogen) atoms. The maximum absolute atomic E-state index is 11.6. The van der Waals surface area contributed by atoms with E-state index in [1.54, 1.807) is 0 Å². The van der Waals surface area contributed by atoms with Crippen LogP contribution < -0.4 is 10.6 Å². The first-order valence-corrected chi connectivity index (χ1v) is 6.68. The summed E-state index contributed by atoms with van der Waals surface area (Å²) in [6.45, 7) is 7.13. The minimum absolute atomic E-state index is 0.0130. The van der Waals surface area contributed by atoms with E-state index in [9.17, 15) is 9.59 Å². The molecule has 0 unspecified atom stereocenters. The number of nitrogens with zero attached hydrogens (tertiary/aromatic N) is 2. The maximum atomic E-state index is 11.6. The van der Waals surface area contributed by atoms with Gasteiger partial charge in [0, 0.05) is 52.7 Å². The van der Waals surface area contributed by atoms with Crippen LogP contribution in [0.15, 0.2) is 0 Å². The SMILES string of the molecule is CC(=O)NCCNC(=O)CN1CCN(CCO)CC1. The number of aliphatic hydroxyl groups excluding tert-OH is 1. The lowest BCUT2D eigenvalue weighted by atomic mass is 10.3. The van der Waals surface area contributed by atoms with Gasteiger partial charge in [0.1, 0.15) is 0 Å². The molecule has 2 amide bonds. The van der Waals surface area contributed by atoms with Crippen molar-refractivity contribution in [1.82, 2.24) is 20.4 Å². The summed E-state index contributed by atoms with van der Waals surface area (Å²) in [6, 6.07) is 0. The van der Waals surface area contributed by atoms with Crippen molar-refractivity contribution in [2.75, 3.05) is 59.0 Å². The Hall–Kier alpha value is -1.18. The average molecular weight is 272 g/mol. The molecule has 7 heteroatoms. The van der Waals surface area contributed by atoms with Crippen LogP contribution in [0.25, 0.3) is 0 Å². The first-order valence-electron chi connectivity index (χ1n) is 6.68. The van der Waals surface area contributed by atoms with E-state index in [4.69, 9.17) is 5.11 Å². The summed E-state index contributed by atoms with van der Waals surface area (Å²) in [5, 5.41) is 14.2. The quantitative estimate of drug-likeness (QED) is 0.460. The Morgan fingerprint density at radius 3 is 2.21 bits per heavy atom. The highest BCUT2D eigenvalue weighted by Crippen LogP contribution is 2.00. The van der Waals surface area contributed by atoms with Gasteiger partial charge < -0.3 is 15.7 Å². The second-order valence-corrected chi connectivity index (χ2v) is 4.67. The van der Waals surface area contributed by atoms with Crippen molar-refractivity contribution >= 4 is 11.8 Å². The van der Waals surface area contributed by atoms with E-state index in [0.29, 0.717) is 26.2 Å². The summed E-state index contributed by atoms with van der Waals surface area (Å²) in [6.07, 6.45) is 0. The highest BCUT2D eigenvalue weighted by Gasteiger charge is 2.18. The Bertz CT molecular complexity index is 291. The predicted octanol–water partition coefficient (Wildman–Crippen LogP) is -2.15. The number of carbonyl (C=O) groups excluding carboxylic acids is 2. The molecule has 1 fully saturated rings. The zero-order chi connectivity index (χ0) is 14.1. The molecule has 3 N–H and O–H groups in total. The molecule has 1 aliphatic rings. The Morgan fingerprint density at radius 2 is 1.63 bits per heavy atom. The maximum Gasteiger partial charge on any atom is 0.234 e. The number of β-amino-alcohol motifs (C(OH)–C–C–N with tert-alkyl or cyclic N) is 1. The van der Waals surface area contributed by atoms with Crippen LogP contribution in [0.3, 0.4) is 0 Å². The van der Waals surface area contributed by atoms with Gasteiger partial charge in [-0.3, -0.25) is 19.4 Å². The molecule has 7 nitrogen and oxygen atoms in total. The third-order valence-corrected chi connectivity index (χ3v) is 3.07. The molecule has 1 aliphatic heterocycles. The number of rotatable bonds is 7. The molecule has 1 rings (SSSR count). The van der Waals surface area contributed by atoms with Crippen LogP contribution >= 0.6 is 0 Å². The zero-order valence-electron chi connectivity index (χ0n) is 11.5. The lowest BCUT2D eigenvalue weighted by molar-refractivity contribution is -0.123.